The molecule has 0 spiro atoms. The van der Waals surface area contributed by atoms with Crippen LogP contribution in [0.5, 0.6) is 0 Å². The van der Waals surface area contributed by atoms with Crippen molar-refractivity contribution < 1.29 is 19.8 Å². The second kappa shape index (κ2) is 11.0. The molecule has 0 fully saturated rings. The number of pyridine rings is 1. The van der Waals surface area contributed by atoms with Crippen molar-refractivity contribution in [1.29, 1.82) is 0 Å². The molecule has 1 amide bonds. The molecule has 1 aliphatic heterocycles. The predicted octanol–water partition coefficient (Wildman–Crippen LogP) is 4.49. The second-order valence-corrected chi connectivity index (χ2v) is 10.5. The van der Waals surface area contributed by atoms with E-state index < -0.39 is 12.1 Å². The number of benzene rings is 2. The van der Waals surface area contributed by atoms with Gasteiger partial charge in [0.25, 0.3) is 5.91 Å². The van der Waals surface area contributed by atoms with Gasteiger partial charge in [0.2, 0.25) is 0 Å². The zero-order valence-electron chi connectivity index (χ0n) is 22.6. The summed E-state index contributed by atoms with van der Waals surface area (Å²) in [7, 11) is 1.69. The van der Waals surface area contributed by atoms with Gasteiger partial charge >= 0.3 is 5.97 Å². The number of carbonyl (C=O) groups is 2. The van der Waals surface area contributed by atoms with Crippen LogP contribution < -0.4 is 0 Å². The summed E-state index contributed by atoms with van der Waals surface area (Å²) in [6, 6.07) is 14.1. The number of fused-ring (bicyclic) bond motifs is 2. The van der Waals surface area contributed by atoms with Crippen LogP contribution in [0.4, 0.5) is 0 Å². The Morgan fingerprint density at radius 3 is 2.62 bits per heavy atom. The number of carbonyl (C=O) groups excluding carboxylic acids is 1. The van der Waals surface area contributed by atoms with Crippen molar-refractivity contribution in [3.8, 4) is 22.3 Å². The lowest BCUT2D eigenvalue weighted by Crippen LogP contribution is -2.32. The molecular weight excluding hydrogens is 492 g/mol. The molecule has 8 heteroatoms. The van der Waals surface area contributed by atoms with E-state index in [4.69, 9.17) is 10.1 Å². The lowest BCUT2D eigenvalue weighted by Gasteiger charge is -2.30. The third-order valence-corrected chi connectivity index (χ3v) is 7.48. The smallest absolute Gasteiger partial charge is 0.304 e. The molecule has 8 nitrogen and oxygen atoms in total. The number of carboxylic acid groups (broad SMARTS) is 1. The zero-order chi connectivity index (χ0) is 27.7. The maximum Gasteiger partial charge on any atom is 0.304 e. The SMILES string of the molecule is Cc1cc(-c2cnc3[nH]cc(-c4ccc(C(=O)N(C)C[C@H](C)O)cc4)c3c2)cc2c1CN(CCC(=O)O)CC2. The molecule has 0 unspecified atom stereocenters. The molecule has 39 heavy (non-hydrogen) atoms. The fourth-order valence-corrected chi connectivity index (χ4v) is 5.42. The average Bonchev–Trinajstić information content (AvgIpc) is 3.34. The molecule has 3 N–H and O–H groups in total. The van der Waals surface area contributed by atoms with E-state index in [1.807, 2.05) is 36.7 Å². The normalized spacial score (nSPS) is 14.3. The first kappa shape index (κ1) is 26.6. The highest BCUT2D eigenvalue weighted by Gasteiger charge is 2.20. The largest absolute Gasteiger partial charge is 0.481 e. The lowest BCUT2D eigenvalue weighted by atomic mass is 9.91. The quantitative estimate of drug-likeness (QED) is 0.312. The van der Waals surface area contributed by atoms with Gasteiger partial charge in [-0.1, -0.05) is 24.3 Å². The number of nitrogens with one attached hydrogen (secondary N) is 1. The van der Waals surface area contributed by atoms with E-state index in [9.17, 15) is 14.7 Å². The third kappa shape index (κ3) is 5.72. The van der Waals surface area contributed by atoms with Gasteiger partial charge in [0.15, 0.2) is 0 Å². The Morgan fingerprint density at radius 1 is 1.13 bits per heavy atom. The summed E-state index contributed by atoms with van der Waals surface area (Å²) < 4.78 is 0. The number of aromatic nitrogens is 2. The number of carboxylic acids is 1. The average molecular weight is 527 g/mol. The van der Waals surface area contributed by atoms with Crippen molar-refractivity contribution in [2.75, 3.05) is 26.7 Å². The molecular formula is C31H34N4O4. The minimum absolute atomic E-state index is 0.127. The second-order valence-electron chi connectivity index (χ2n) is 10.5. The number of amides is 1. The fourth-order valence-electron chi connectivity index (χ4n) is 5.42. The Kier molecular flexibility index (Phi) is 7.50. The number of rotatable bonds is 8. The highest BCUT2D eigenvalue weighted by molar-refractivity contribution is 5.98. The number of aromatic amines is 1. The lowest BCUT2D eigenvalue weighted by molar-refractivity contribution is -0.137. The van der Waals surface area contributed by atoms with Crippen LogP contribution in [0.25, 0.3) is 33.3 Å². The Bertz CT molecular complexity index is 1520. The van der Waals surface area contributed by atoms with E-state index >= 15 is 0 Å². The van der Waals surface area contributed by atoms with Crippen LogP contribution in [0.1, 0.15) is 40.4 Å². The fraction of sp³-hybridized carbons (Fsp3) is 0.323. The van der Waals surface area contributed by atoms with Crippen molar-refractivity contribution in [2.24, 2.45) is 0 Å². The summed E-state index contributed by atoms with van der Waals surface area (Å²) in [4.78, 5) is 35.4. The topological polar surface area (TPSA) is 110 Å². The van der Waals surface area contributed by atoms with E-state index in [1.165, 1.54) is 21.6 Å². The molecule has 3 heterocycles. The van der Waals surface area contributed by atoms with Gasteiger partial charge in [0.1, 0.15) is 5.65 Å². The number of hydrogen-bond acceptors (Lipinski definition) is 5. The van der Waals surface area contributed by atoms with Crippen molar-refractivity contribution in [2.45, 2.75) is 39.3 Å². The molecule has 1 aliphatic rings. The van der Waals surface area contributed by atoms with Gasteiger partial charge < -0.3 is 20.1 Å². The van der Waals surface area contributed by atoms with Gasteiger partial charge in [-0.25, -0.2) is 4.98 Å². The number of aryl methyl sites for hydroxylation is 1. The first-order valence-electron chi connectivity index (χ1n) is 13.3. The number of aliphatic hydroxyl groups excluding tert-OH is 1. The summed E-state index contributed by atoms with van der Waals surface area (Å²) >= 11 is 0. The molecule has 4 aromatic rings. The van der Waals surface area contributed by atoms with Crippen LogP contribution in [0.15, 0.2) is 54.9 Å². The van der Waals surface area contributed by atoms with Crippen LogP contribution >= 0.6 is 0 Å². The summed E-state index contributed by atoms with van der Waals surface area (Å²) in [5, 5.41) is 19.6. The maximum atomic E-state index is 12.7. The van der Waals surface area contributed by atoms with E-state index in [2.05, 4.69) is 35.0 Å². The van der Waals surface area contributed by atoms with Gasteiger partial charge in [-0.15, -0.1) is 0 Å². The van der Waals surface area contributed by atoms with Crippen molar-refractivity contribution in [1.82, 2.24) is 19.8 Å². The van der Waals surface area contributed by atoms with E-state index in [0.717, 1.165) is 52.8 Å². The van der Waals surface area contributed by atoms with Gasteiger partial charge in [-0.3, -0.25) is 14.5 Å². The standard InChI is InChI=1S/C31H34N4O4/c1-19-12-24(13-23-8-10-35(18-28(19)23)11-9-29(37)38)25-14-26-27(16-33-30(26)32-15-25)21-4-6-22(7-5-21)31(39)34(3)17-20(2)36/h4-7,12-16,20,36H,8-11,17-18H2,1-3H3,(H,32,33)(H,37,38)/t20-/m0/s1. The predicted molar refractivity (Wildman–Crippen MR) is 152 cm³/mol. The summed E-state index contributed by atoms with van der Waals surface area (Å²) in [6.07, 6.45) is 4.32. The molecule has 1 atom stereocenters. The van der Waals surface area contributed by atoms with E-state index in [0.29, 0.717) is 12.1 Å². The van der Waals surface area contributed by atoms with Crippen LogP contribution in [-0.2, 0) is 17.8 Å². The summed E-state index contributed by atoms with van der Waals surface area (Å²) in [5.41, 5.74) is 9.34. The number of aliphatic carboxylic acids is 1. The van der Waals surface area contributed by atoms with Crippen molar-refractivity contribution >= 4 is 22.9 Å². The van der Waals surface area contributed by atoms with Gasteiger partial charge in [0, 0.05) is 67.7 Å². The van der Waals surface area contributed by atoms with E-state index in [1.54, 1.807) is 14.0 Å². The highest BCUT2D eigenvalue weighted by atomic mass is 16.4. The monoisotopic (exact) mass is 526 g/mol. The Hall–Kier alpha value is -4.01. The summed E-state index contributed by atoms with van der Waals surface area (Å²) in [6.45, 7) is 6.27. The molecule has 2 aromatic carbocycles. The Balaban J connectivity index is 1.40. The number of hydrogen-bond donors (Lipinski definition) is 3. The minimum Gasteiger partial charge on any atom is -0.481 e. The molecule has 202 valence electrons. The zero-order valence-corrected chi connectivity index (χ0v) is 22.6. The Labute approximate surface area is 227 Å². The molecule has 0 bridgehead atoms. The van der Waals surface area contributed by atoms with Gasteiger partial charge in [-0.05, 0) is 66.3 Å². The summed E-state index contributed by atoms with van der Waals surface area (Å²) in [5.74, 6) is -0.886. The van der Waals surface area contributed by atoms with E-state index in [-0.39, 0.29) is 18.9 Å². The molecule has 0 radical (unpaired) electrons. The number of likely N-dealkylation sites (N-methyl/N-ethyl adjacent to an activating group) is 1. The first-order chi connectivity index (χ1) is 18.7. The number of nitrogens with zero attached hydrogens (tertiary/aromatic N) is 3. The number of H-pyrrole nitrogens is 1. The molecule has 0 saturated carbocycles. The van der Waals surface area contributed by atoms with Crippen LogP contribution in [0, 0.1) is 6.92 Å². The van der Waals surface area contributed by atoms with Crippen molar-refractivity contribution in [3.05, 3.63) is 77.1 Å². The molecule has 0 aliphatic carbocycles. The highest BCUT2D eigenvalue weighted by Crippen LogP contribution is 2.34. The first-order valence-corrected chi connectivity index (χ1v) is 13.3. The minimum atomic E-state index is -0.760. The van der Waals surface area contributed by atoms with Crippen LogP contribution in [0.2, 0.25) is 0 Å². The Morgan fingerprint density at radius 2 is 1.90 bits per heavy atom. The maximum absolute atomic E-state index is 12.7. The molecule has 0 saturated heterocycles. The molecule has 2 aromatic heterocycles. The van der Waals surface area contributed by atoms with Crippen molar-refractivity contribution in [3.63, 3.8) is 0 Å². The van der Waals surface area contributed by atoms with Gasteiger partial charge in [-0.2, -0.15) is 0 Å². The van der Waals surface area contributed by atoms with Crippen LogP contribution in [0.3, 0.4) is 0 Å². The molecule has 5 rings (SSSR count). The van der Waals surface area contributed by atoms with Crippen LogP contribution in [-0.4, -0.2) is 74.6 Å². The third-order valence-electron chi connectivity index (χ3n) is 7.48. The van der Waals surface area contributed by atoms with Gasteiger partial charge in [0.05, 0.1) is 12.5 Å². The number of aliphatic hydroxyl groups is 1.